The third-order valence-electron chi connectivity index (χ3n) is 4.78. The van der Waals surface area contributed by atoms with E-state index in [1.165, 1.54) is 4.31 Å². The molecule has 4 rings (SSSR count). The first kappa shape index (κ1) is 17.9. The maximum absolute atomic E-state index is 13.9. The van der Waals surface area contributed by atoms with Crippen molar-refractivity contribution in [2.75, 3.05) is 13.1 Å². The molecule has 0 bridgehead atoms. The van der Waals surface area contributed by atoms with Crippen molar-refractivity contribution in [1.29, 1.82) is 0 Å². The summed E-state index contributed by atoms with van der Waals surface area (Å²) < 4.78 is 58.8. The average Bonchev–Trinajstić information content (AvgIpc) is 3.33. The molecule has 0 radical (unpaired) electrons. The smallest absolute Gasteiger partial charge is 0.245 e. The van der Waals surface area contributed by atoms with Gasteiger partial charge in [0.2, 0.25) is 10.0 Å². The zero-order valence-electron chi connectivity index (χ0n) is 14.2. The molecule has 1 aliphatic heterocycles. The zero-order chi connectivity index (χ0) is 19.0. The Bertz CT molecular complexity index is 1040. The van der Waals surface area contributed by atoms with Gasteiger partial charge in [-0.3, -0.25) is 5.10 Å². The predicted molar refractivity (Wildman–Crippen MR) is 93.4 cm³/mol. The van der Waals surface area contributed by atoms with Gasteiger partial charge in [-0.05, 0) is 43.2 Å². The Morgan fingerprint density at radius 3 is 2.59 bits per heavy atom. The zero-order valence-corrected chi connectivity index (χ0v) is 15.0. The fourth-order valence-corrected chi connectivity index (χ4v) is 4.84. The molecular weight excluding hydrogens is 376 g/mol. The lowest BCUT2D eigenvalue weighted by molar-refractivity contribution is 0.315. The Hall–Kier alpha value is -2.52. The second-order valence-electron chi connectivity index (χ2n) is 6.44. The molecule has 1 saturated heterocycles. The van der Waals surface area contributed by atoms with Gasteiger partial charge in [-0.15, -0.1) is 0 Å². The Balaban J connectivity index is 1.47. The number of nitrogens with one attached hydrogen (secondary N) is 1. The van der Waals surface area contributed by atoms with Crippen LogP contribution in [-0.4, -0.2) is 36.0 Å². The van der Waals surface area contributed by atoms with E-state index in [1.807, 2.05) is 12.1 Å². The lowest BCUT2D eigenvalue weighted by Gasteiger charge is -2.30. The summed E-state index contributed by atoms with van der Waals surface area (Å²) in [6.07, 6.45) is 2.71. The summed E-state index contributed by atoms with van der Waals surface area (Å²) in [5.41, 5.74) is 1.60. The molecule has 3 heterocycles. The van der Waals surface area contributed by atoms with Crippen molar-refractivity contribution in [3.8, 4) is 11.5 Å². The lowest BCUT2D eigenvalue weighted by atomic mass is 9.94. The normalized spacial score (nSPS) is 16.7. The molecule has 27 heavy (non-hydrogen) atoms. The van der Waals surface area contributed by atoms with Crippen LogP contribution in [0.15, 0.2) is 52.0 Å². The molecule has 9 heteroatoms. The molecule has 0 unspecified atom stereocenters. The van der Waals surface area contributed by atoms with E-state index in [4.69, 9.17) is 4.42 Å². The predicted octanol–water partition coefficient (Wildman–Crippen LogP) is 3.52. The van der Waals surface area contributed by atoms with E-state index < -0.39 is 26.6 Å². The van der Waals surface area contributed by atoms with E-state index in [0.717, 1.165) is 17.8 Å². The van der Waals surface area contributed by atoms with Gasteiger partial charge in [-0.1, -0.05) is 0 Å². The summed E-state index contributed by atoms with van der Waals surface area (Å²) in [5, 5.41) is 7.22. The molecule has 1 aliphatic rings. The van der Waals surface area contributed by atoms with E-state index in [-0.39, 0.29) is 19.0 Å². The first-order chi connectivity index (χ1) is 12.9. The van der Waals surface area contributed by atoms with Crippen molar-refractivity contribution in [2.24, 2.45) is 0 Å². The topological polar surface area (TPSA) is 79.2 Å². The Labute approximate surface area is 154 Å². The van der Waals surface area contributed by atoms with Crippen molar-refractivity contribution >= 4 is 10.0 Å². The molecule has 1 N–H and O–H groups in total. The summed E-state index contributed by atoms with van der Waals surface area (Å²) in [4.78, 5) is -0.496. The van der Waals surface area contributed by atoms with E-state index in [0.29, 0.717) is 30.4 Å². The monoisotopic (exact) mass is 393 g/mol. The number of benzene rings is 1. The highest BCUT2D eigenvalue weighted by atomic mass is 32.2. The van der Waals surface area contributed by atoms with Crippen molar-refractivity contribution < 1.29 is 21.6 Å². The standard InChI is InChI=1S/C18H17F2N3O3S/c19-13-3-4-18(14(20)10-13)27(24,25)23-7-5-12(6-8-23)15-11-16(22-21-15)17-2-1-9-26-17/h1-4,9-12H,5-8H2,(H,21,22). The second-order valence-corrected chi connectivity index (χ2v) is 8.35. The van der Waals surface area contributed by atoms with E-state index in [1.54, 1.807) is 12.3 Å². The van der Waals surface area contributed by atoms with Gasteiger partial charge in [-0.25, -0.2) is 17.2 Å². The molecule has 6 nitrogen and oxygen atoms in total. The number of aromatic nitrogens is 2. The van der Waals surface area contributed by atoms with Crippen LogP contribution < -0.4 is 0 Å². The van der Waals surface area contributed by atoms with Gasteiger partial charge in [-0.2, -0.15) is 9.40 Å². The van der Waals surface area contributed by atoms with Crippen LogP contribution in [0.25, 0.3) is 11.5 Å². The van der Waals surface area contributed by atoms with Gasteiger partial charge in [0.15, 0.2) is 5.76 Å². The van der Waals surface area contributed by atoms with Crippen molar-refractivity contribution in [3.63, 3.8) is 0 Å². The SMILES string of the molecule is O=S(=O)(c1ccc(F)cc1F)N1CCC(c2cc(-c3ccco3)n[nH]2)CC1. The molecule has 0 amide bonds. The fourth-order valence-electron chi connectivity index (χ4n) is 3.33. The molecule has 2 aromatic heterocycles. The number of halogens is 2. The number of H-pyrrole nitrogens is 1. The van der Waals surface area contributed by atoms with Gasteiger partial charge < -0.3 is 4.42 Å². The van der Waals surface area contributed by atoms with Gasteiger partial charge >= 0.3 is 0 Å². The number of furan rings is 1. The van der Waals surface area contributed by atoms with E-state index >= 15 is 0 Å². The van der Waals surface area contributed by atoms with Crippen molar-refractivity contribution in [3.05, 3.63) is 60.0 Å². The molecule has 0 aliphatic carbocycles. The highest BCUT2D eigenvalue weighted by molar-refractivity contribution is 7.89. The minimum Gasteiger partial charge on any atom is -0.463 e. The number of rotatable bonds is 4. The third kappa shape index (κ3) is 3.40. The summed E-state index contributed by atoms with van der Waals surface area (Å²) in [6, 6.07) is 7.99. The minimum atomic E-state index is -3.99. The Kier molecular flexibility index (Phi) is 4.56. The van der Waals surface area contributed by atoms with Gasteiger partial charge in [0.1, 0.15) is 22.2 Å². The van der Waals surface area contributed by atoms with Crippen LogP contribution in [0.1, 0.15) is 24.5 Å². The summed E-state index contributed by atoms with van der Waals surface area (Å²) in [7, 11) is -3.99. The molecule has 1 fully saturated rings. The van der Waals surface area contributed by atoms with Gasteiger partial charge in [0.05, 0.1) is 6.26 Å². The number of nitrogens with zero attached hydrogens (tertiary/aromatic N) is 2. The first-order valence-electron chi connectivity index (χ1n) is 8.49. The van der Waals surface area contributed by atoms with Gasteiger partial charge in [0, 0.05) is 30.8 Å². The van der Waals surface area contributed by atoms with Crippen LogP contribution in [0, 0.1) is 11.6 Å². The maximum Gasteiger partial charge on any atom is 0.245 e. The van der Waals surface area contributed by atoms with Crippen LogP contribution >= 0.6 is 0 Å². The molecule has 0 saturated carbocycles. The largest absolute Gasteiger partial charge is 0.463 e. The fraction of sp³-hybridized carbons (Fsp3) is 0.278. The number of hydrogen-bond donors (Lipinski definition) is 1. The van der Waals surface area contributed by atoms with Crippen LogP contribution in [-0.2, 0) is 10.0 Å². The average molecular weight is 393 g/mol. The Morgan fingerprint density at radius 1 is 1.15 bits per heavy atom. The number of hydrogen-bond acceptors (Lipinski definition) is 4. The molecule has 0 spiro atoms. The first-order valence-corrected chi connectivity index (χ1v) is 9.93. The number of aromatic amines is 1. The summed E-state index contributed by atoms with van der Waals surface area (Å²) in [6.45, 7) is 0.498. The molecule has 3 aromatic rings. The van der Waals surface area contributed by atoms with E-state index in [9.17, 15) is 17.2 Å². The van der Waals surface area contributed by atoms with E-state index in [2.05, 4.69) is 10.2 Å². The van der Waals surface area contributed by atoms with Crippen LogP contribution in [0.5, 0.6) is 0 Å². The molecule has 1 aromatic carbocycles. The highest BCUT2D eigenvalue weighted by Crippen LogP contribution is 2.32. The second kappa shape index (κ2) is 6.90. The highest BCUT2D eigenvalue weighted by Gasteiger charge is 2.32. The summed E-state index contributed by atoms with van der Waals surface area (Å²) >= 11 is 0. The maximum atomic E-state index is 13.9. The summed E-state index contributed by atoms with van der Waals surface area (Å²) in [5.74, 6) is -1.11. The number of piperidine rings is 1. The quantitative estimate of drug-likeness (QED) is 0.736. The molecular formula is C18H17F2N3O3S. The molecule has 142 valence electrons. The number of sulfonamides is 1. The van der Waals surface area contributed by atoms with Crippen molar-refractivity contribution in [2.45, 2.75) is 23.7 Å². The third-order valence-corrected chi connectivity index (χ3v) is 6.71. The lowest BCUT2D eigenvalue weighted by Crippen LogP contribution is -2.38. The Morgan fingerprint density at radius 2 is 1.93 bits per heavy atom. The van der Waals surface area contributed by atoms with Crippen molar-refractivity contribution in [1.82, 2.24) is 14.5 Å². The van der Waals surface area contributed by atoms with Gasteiger partial charge in [0.25, 0.3) is 0 Å². The van der Waals surface area contributed by atoms with Crippen LogP contribution in [0.2, 0.25) is 0 Å². The minimum absolute atomic E-state index is 0.116. The van der Waals surface area contributed by atoms with Crippen LogP contribution in [0.3, 0.4) is 0 Å². The molecule has 0 atom stereocenters. The van der Waals surface area contributed by atoms with Crippen LogP contribution in [0.4, 0.5) is 8.78 Å².